The van der Waals surface area contributed by atoms with E-state index >= 15 is 0 Å². The third kappa shape index (κ3) is 3.39. The molecule has 0 radical (unpaired) electrons. The van der Waals surface area contributed by atoms with Crippen molar-refractivity contribution in [3.05, 3.63) is 62.4 Å². The van der Waals surface area contributed by atoms with Crippen LogP contribution in [0.1, 0.15) is 11.1 Å². The number of ether oxygens (including phenoxy) is 2. The van der Waals surface area contributed by atoms with Crippen LogP contribution < -0.4 is 20.7 Å². The van der Waals surface area contributed by atoms with Crippen molar-refractivity contribution in [1.29, 1.82) is 0 Å². The lowest BCUT2D eigenvalue weighted by molar-refractivity contribution is -0.125. The number of carbonyl (C=O) groups is 1. The summed E-state index contributed by atoms with van der Waals surface area (Å²) in [7, 11) is 4.61. The van der Waals surface area contributed by atoms with Gasteiger partial charge in [-0.15, -0.1) is 0 Å². The van der Waals surface area contributed by atoms with Gasteiger partial charge in [0.15, 0.2) is 11.5 Å². The lowest BCUT2D eigenvalue weighted by atomic mass is 10.2. The van der Waals surface area contributed by atoms with Crippen LogP contribution in [0.2, 0.25) is 0 Å². The first-order valence-electron chi connectivity index (χ1n) is 7.95. The van der Waals surface area contributed by atoms with Gasteiger partial charge < -0.3 is 18.9 Å². The number of rotatable bonds is 4. The third-order valence-corrected chi connectivity index (χ3v) is 4.11. The molecule has 1 aliphatic rings. The first-order chi connectivity index (χ1) is 12.4. The number of aryl methyl sites for hydroxylation is 1. The van der Waals surface area contributed by atoms with Crippen molar-refractivity contribution in [3.8, 4) is 11.5 Å². The number of nitrogens with zero attached hydrogens (tertiary/aromatic N) is 3. The number of carbonyl (C=O) groups excluding carboxylic acids is 1. The Balaban J connectivity index is 1.72. The predicted octanol–water partition coefficient (Wildman–Crippen LogP) is 0.484. The van der Waals surface area contributed by atoms with Crippen molar-refractivity contribution >= 4 is 12.0 Å². The molecule has 0 saturated carbocycles. The van der Waals surface area contributed by atoms with Crippen LogP contribution in [0.3, 0.4) is 0 Å². The Bertz CT molecular complexity index is 1000. The Morgan fingerprint density at radius 3 is 2.73 bits per heavy atom. The Hall–Kier alpha value is -3.29. The number of amides is 1. The van der Waals surface area contributed by atoms with E-state index in [1.54, 1.807) is 20.2 Å². The second kappa shape index (κ2) is 6.91. The summed E-state index contributed by atoms with van der Waals surface area (Å²) in [6, 6.07) is 5.50. The second-order valence-corrected chi connectivity index (χ2v) is 6.06. The van der Waals surface area contributed by atoms with E-state index in [0.29, 0.717) is 18.0 Å². The van der Waals surface area contributed by atoms with Crippen molar-refractivity contribution in [1.82, 2.24) is 14.0 Å². The van der Waals surface area contributed by atoms with E-state index in [4.69, 9.17) is 9.47 Å². The number of hydrogen-bond acceptors (Lipinski definition) is 5. The average molecular weight is 357 g/mol. The number of hydrogen-bond donors (Lipinski definition) is 0. The molecule has 2 heterocycles. The fourth-order valence-corrected chi connectivity index (χ4v) is 2.63. The fraction of sp³-hybridized carbons (Fsp3) is 0.278. The SMILES string of the molecule is CN(Cc1ccc2c(c1)OCO2)C(=O)C=Cc1cn(C)c(=O)n(C)c1=O. The first kappa shape index (κ1) is 17.5. The molecule has 0 N–H and O–H groups in total. The van der Waals surface area contributed by atoms with Crippen molar-refractivity contribution in [2.45, 2.75) is 6.54 Å². The summed E-state index contributed by atoms with van der Waals surface area (Å²) in [5.41, 5.74) is 0.296. The molecule has 0 bridgehead atoms. The number of fused-ring (bicyclic) bond motifs is 1. The lowest BCUT2D eigenvalue weighted by Gasteiger charge is -2.15. The highest BCUT2D eigenvalue weighted by Crippen LogP contribution is 2.32. The van der Waals surface area contributed by atoms with E-state index in [9.17, 15) is 14.4 Å². The number of aromatic nitrogens is 2. The van der Waals surface area contributed by atoms with Crippen molar-refractivity contribution in [2.75, 3.05) is 13.8 Å². The van der Waals surface area contributed by atoms with Gasteiger partial charge in [-0.2, -0.15) is 0 Å². The van der Waals surface area contributed by atoms with Crippen LogP contribution >= 0.6 is 0 Å². The van der Waals surface area contributed by atoms with E-state index < -0.39 is 11.2 Å². The molecule has 0 atom stereocenters. The number of likely N-dealkylation sites (N-methyl/N-ethyl adjacent to an activating group) is 1. The van der Waals surface area contributed by atoms with Crippen molar-refractivity contribution in [2.24, 2.45) is 14.1 Å². The molecule has 0 fully saturated rings. The van der Waals surface area contributed by atoms with E-state index in [2.05, 4.69) is 0 Å². The Kier molecular flexibility index (Phi) is 4.66. The highest BCUT2D eigenvalue weighted by atomic mass is 16.7. The lowest BCUT2D eigenvalue weighted by Crippen LogP contribution is -2.37. The van der Waals surface area contributed by atoms with Gasteiger partial charge in [0.05, 0.1) is 5.56 Å². The average Bonchev–Trinajstić information content (AvgIpc) is 3.09. The highest BCUT2D eigenvalue weighted by molar-refractivity contribution is 5.91. The van der Waals surface area contributed by atoms with E-state index in [1.807, 2.05) is 12.1 Å². The molecule has 26 heavy (non-hydrogen) atoms. The minimum absolute atomic E-state index is 0.199. The monoisotopic (exact) mass is 357 g/mol. The molecular formula is C18H19N3O5. The summed E-state index contributed by atoms with van der Waals surface area (Å²) in [5.74, 6) is 1.08. The molecular weight excluding hydrogens is 338 g/mol. The van der Waals surface area contributed by atoms with Crippen LogP contribution in [0.15, 0.2) is 40.1 Å². The summed E-state index contributed by atoms with van der Waals surface area (Å²) in [6.07, 6.45) is 4.14. The Morgan fingerprint density at radius 1 is 1.23 bits per heavy atom. The maximum absolute atomic E-state index is 12.3. The summed E-state index contributed by atoms with van der Waals surface area (Å²) < 4.78 is 12.9. The summed E-state index contributed by atoms with van der Waals surface area (Å²) >= 11 is 0. The highest BCUT2D eigenvalue weighted by Gasteiger charge is 2.14. The van der Waals surface area contributed by atoms with Crippen LogP contribution in [0.5, 0.6) is 11.5 Å². The molecule has 0 spiro atoms. The molecule has 2 aromatic rings. The molecule has 136 valence electrons. The zero-order chi connectivity index (χ0) is 18.8. The van der Waals surface area contributed by atoms with Gasteiger partial charge >= 0.3 is 5.69 Å². The minimum Gasteiger partial charge on any atom is -0.454 e. The molecule has 1 amide bonds. The smallest absolute Gasteiger partial charge is 0.330 e. The maximum atomic E-state index is 12.3. The van der Waals surface area contributed by atoms with Gasteiger partial charge in [-0.25, -0.2) is 4.79 Å². The second-order valence-electron chi connectivity index (χ2n) is 6.06. The van der Waals surface area contributed by atoms with Crippen LogP contribution in [-0.2, 0) is 25.4 Å². The summed E-state index contributed by atoms with van der Waals surface area (Å²) in [5, 5.41) is 0. The molecule has 1 aromatic carbocycles. The topological polar surface area (TPSA) is 82.8 Å². The van der Waals surface area contributed by atoms with Gasteiger partial charge in [-0.3, -0.25) is 14.2 Å². The largest absolute Gasteiger partial charge is 0.454 e. The zero-order valence-electron chi connectivity index (χ0n) is 14.8. The van der Waals surface area contributed by atoms with Crippen LogP contribution in [-0.4, -0.2) is 33.8 Å². The molecule has 1 aliphatic heterocycles. The van der Waals surface area contributed by atoms with Crippen molar-refractivity contribution < 1.29 is 14.3 Å². The maximum Gasteiger partial charge on any atom is 0.330 e. The summed E-state index contributed by atoms with van der Waals surface area (Å²) in [4.78, 5) is 37.6. The van der Waals surface area contributed by atoms with E-state index in [-0.39, 0.29) is 18.3 Å². The van der Waals surface area contributed by atoms with Gasteiger partial charge in [-0.05, 0) is 23.8 Å². The number of benzene rings is 1. The van der Waals surface area contributed by atoms with E-state index in [1.165, 1.54) is 34.9 Å². The van der Waals surface area contributed by atoms with Crippen LogP contribution in [0, 0.1) is 0 Å². The Labute approximate surface area is 149 Å². The quantitative estimate of drug-likeness (QED) is 0.744. The van der Waals surface area contributed by atoms with Gasteiger partial charge in [-0.1, -0.05) is 6.07 Å². The van der Waals surface area contributed by atoms with Gasteiger partial charge in [0.1, 0.15) is 0 Å². The molecule has 1 aromatic heterocycles. The van der Waals surface area contributed by atoms with Crippen LogP contribution in [0.25, 0.3) is 6.08 Å². The molecule has 0 saturated heterocycles. The summed E-state index contributed by atoms with van der Waals surface area (Å²) in [6.45, 7) is 0.579. The fourth-order valence-electron chi connectivity index (χ4n) is 2.63. The van der Waals surface area contributed by atoms with Crippen molar-refractivity contribution in [3.63, 3.8) is 0 Å². The van der Waals surface area contributed by atoms with Gasteiger partial charge in [0, 0.05) is 40.0 Å². The standard InChI is InChI=1S/C18H19N3O5/c1-19(9-12-4-6-14-15(8-12)26-11-25-14)16(22)7-5-13-10-20(2)18(24)21(3)17(13)23/h4-8,10H,9,11H2,1-3H3. The molecule has 8 heteroatoms. The minimum atomic E-state index is -0.449. The molecule has 3 rings (SSSR count). The third-order valence-electron chi connectivity index (χ3n) is 4.11. The van der Waals surface area contributed by atoms with E-state index in [0.717, 1.165) is 10.1 Å². The van der Waals surface area contributed by atoms with Gasteiger partial charge in [0.2, 0.25) is 12.7 Å². The zero-order valence-corrected chi connectivity index (χ0v) is 14.8. The first-order valence-corrected chi connectivity index (χ1v) is 7.95. The Morgan fingerprint density at radius 2 is 1.96 bits per heavy atom. The van der Waals surface area contributed by atoms with Gasteiger partial charge in [0.25, 0.3) is 5.56 Å². The molecule has 0 aliphatic carbocycles. The predicted molar refractivity (Wildman–Crippen MR) is 95.0 cm³/mol. The molecule has 0 unspecified atom stereocenters. The van der Waals surface area contributed by atoms with Crippen LogP contribution in [0.4, 0.5) is 0 Å². The normalized spacial score (nSPS) is 12.6. The molecule has 8 nitrogen and oxygen atoms in total.